The maximum absolute atomic E-state index is 5.66. The van der Waals surface area contributed by atoms with Gasteiger partial charge >= 0.3 is 0 Å². The third-order valence-electron chi connectivity index (χ3n) is 1.92. The van der Waals surface area contributed by atoms with E-state index < -0.39 is 0 Å². The van der Waals surface area contributed by atoms with Crippen molar-refractivity contribution >= 4 is 28.9 Å². The topological polar surface area (TPSA) is 36.4 Å². The smallest absolute Gasteiger partial charge is 0.191 e. The Bertz CT molecular complexity index is 346. The van der Waals surface area contributed by atoms with E-state index in [2.05, 4.69) is 39.7 Å². The van der Waals surface area contributed by atoms with Crippen molar-refractivity contribution in [3.05, 3.63) is 34.0 Å². The van der Waals surface area contributed by atoms with Gasteiger partial charge in [0.2, 0.25) is 0 Å². The molecule has 0 saturated carbocycles. The zero-order valence-corrected chi connectivity index (χ0v) is 10.9. The van der Waals surface area contributed by atoms with Gasteiger partial charge in [-0.05, 0) is 17.9 Å². The van der Waals surface area contributed by atoms with Gasteiger partial charge in [-0.1, -0.05) is 24.2 Å². The Labute approximate surface area is 105 Å². The first-order chi connectivity index (χ1) is 7.72. The molecule has 0 aliphatic heterocycles. The molecule has 3 nitrogen and oxygen atoms in total. The largest absolute Gasteiger partial charge is 0.356 e. The lowest BCUT2D eigenvalue weighted by molar-refractivity contribution is 0.827. The Balaban J connectivity index is 2.22. The van der Waals surface area contributed by atoms with Crippen molar-refractivity contribution in [2.24, 2.45) is 4.99 Å². The number of thiophene rings is 1. The minimum absolute atomic E-state index is 0.528. The van der Waals surface area contributed by atoms with Gasteiger partial charge in [0.25, 0.3) is 0 Å². The van der Waals surface area contributed by atoms with Crippen LogP contribution in [0.5, 0.6) is 0 Å². The molecule has 5 heteroatoms. The van der Waals surface area contributed by atoms with E-state index in [0.717, 1.165) is 18.9 Å². The molecule has 0 amide bonds. The summed E-state index contributed by atoms with van der Waals surface area (Å²) in [6.45, 7) is 4.99. The summed E-state index contributed by atoms with van der Waals surface area (Å²) in [6.07, 6.45) is 1.00. The van der Waals surface area contributed by atoms with Crippen LogP contribution in [0.3, 0.4) is 0 Å². The van der Waals surface area contributed by atoms with Crippen molar-refractivity contribution in [3.8, 4) is 0 Å². The fourth-order valence-corrected chi connectivity index (χ4v) is 1.93. The fraction of sp³-hybridized carbons (Fsp3) is 0.364. The first-order valence-corrected chi connectivity index (χ1v) is 6.28. The predicted octanol–water partition coefficient (Wildman–Crippen LogP) is 2.21. The summed E-state index contributed by atoms with van der Waals surface area (Å²) in [6, 6.07) is 4.19. The summed E-state index contributed by atoms with van der Waals surface area (Å²) >= 11 is 7.42. The number of hydrogen-bond acceptors (Lipinski definition) is 2. The third kappa shape index (κ3) is 5.19. The highest BCUT2D eigenvalue weighted by molar-refractivity contribution is 7.09. The van der Waals surface area contributed by atoms with Crippen molar-refractivity contribution in [2.75, 3.05) is 20.1 Å². The molecule has 0 aliphatic rings. The lowest BCUT2D eigenvalue weighted by Gasteiger charge is -2.10. The molecule has 0 unspecified atom stereocenters. The molecule has 0 saturated heterocycles. The maximum atomic E-state index is 5.66. The number of nitrogens with one attached hydrogen (secondary N) is 2. The van der Waals surface area contributed by atoms with Crippen LogP contribution in [0.2, 0.25) is 0 Å². The lowest BCUT2D eigenvalue weighted by atomic mass is 10.3. The second-order valence-electron chi connectivity index (χ2n) is 3.20. The number of halogens is 1. The first-order valence-electron chi connectivity index (χ1n) is 5.02. The SMILES string of the molecule is C=C(Cl)CNC(=NC)NCCc1cccs1. The van der Waals surface area contributed by atoms with E-state index in [4.69, 9.17) is 11.6 Å². The maximum Gasteiger partial charge on any atom is 0.191 e. The van der Waals surface area contributed by atoms with Crippen LogP contribution in [0.25, 0.3) is 0 Å². The highest BCUT2D eigenvalue weighted by Gasteiger charge is 1.98. The molecule has 1 aromatic rings. The summed E-state index contributed by atoms with van der Waals surface area (Å²) in [5, 5.41) is 8.92. The van der Waals surface area contributed by atoms with Gasteiger partial charge in [-0.3, -0.25) is 4.99 Å². The second-order valence-corrected chi connectivity index (χ2v) is 4.77. The van der Waals surface area contributed by atoms with Crippen LogP contribution in [0.4, 0.5) is 0 Å². The van der Waals surface area contributed by atoms with E-state index in [0.29, 0.717) is 11.6 Å². The molecule has 0 bridgehead atoms. The van der Waals surface area contributed by atoms with Crippen molar-refractivity contribution in [3.63, 3.8) is 0 Å². The average Bonchev–Trinajstić information content (AvgIpc) is 2.75. The number of aliphatic imine (C=N–C) groups is 1. The number of rotatable bonds is 5. The molecule has 16 heavy (non-hydrogen) atoms. The van der Waals surface area contributed by atoms with Crippen LogP contribution < -0.4 is 10.6 Å². The standard InChI is InChI=1S/C11H16ClN3S/c1-9(12)8-15-11(13-2)14-6-5-10-4-3-7-16-10/h3-4,7H,1,5-6,8H2,2H3,(H2,13,14,15). The van der Waals surface area contributed by atoms with Crippen molar-refractivity contribution in [1.29, 1.82) is 0 Å². The number of nitrogens with zero attached hydrogens (tertiary/aromatic N) is 1. The molecule has 88 valence electrons. The molecule has 0 aromatic carbocycles. The van der Waals surface area contributed by atoms with Gasteiger partial charge in [0.1, 0.15) is 0 Å². The van der Waals surface area contributed by atoms with Crippen LogP contribution in [0, 0.1) is 0 Å². The molecule has 1 rings (SSSR count). The van der Waals surface area contributed by atoms with Crippen molar-refractivity contribution < 1.29 is 0 Å². The predicted molar refractivity (Wildman–Crippen MR) is 72.4 cm³/mol. The van der Waals surface area contributed by atoms with Gasteiger partial charge < -0.3 is 10.6 Å². The van der Waals surface area contributed by atoms with E-state index in [1.165, 1.54) is 4.88 Å². The number of guanidine groups is 1. The summed E-state index contributed by atoms with van der Waals surface area (Å²) in [5.74, 6) is 0.748. The Morgan fingerprint density at radius 1 is 1.56 bits per heavy atom. The Kier molecular flexibility index (Phi) is 5.96. The van der Waals surface area contributed by atoms with Crippen molar-refractivity contribution in [2.45, 2.75) is 6.42 Å². The highest BCUT2D eigenvalue weighted by atomic mass is 35.5. The Morgan fingerprint density at radius 3 is 2.94 bits per heavy atom. The zero-order chi connectivity index (χ0) is 11.8. The molecule has 0 aliphatic carbocycles. The fourth-order valence-electron chi connectivity index (χ4n) is 1.16. The van der Waals surface area contributed by atoms with Gasteiger partial charge in [0.15, 0.2) is 5.96 Å². The van der Waals surface area contributed by atoms with E-state index in [1.54, 1.807) is 18.4 Å². The third-order valence-corrected chi connectivity index (χ3v) is 2.99. The van der Waals surface area contributed by atoms with Gasteiger partial charge in [-0.15, -0.1) is 11.3 Å². The van der Waals surface area contributed by atoms with Gasteiger partial charge in [-0.25, -0.2) is 0 Å². The molecule has 0 fully saturated rings. The minimum Gasteiger partial charge on any atom is -0.356 e. The van der Waals surface area contributed by atoms with Gasteiger partial charge in [-0.2, -0.15) is 0 Å². The van der Waals surface area contributed by atoms with E-state index in [9.17, 15) is 0 Å². The van der Waals surface area contributed by atoms with Gasteiger partial charge in [0, 0.05) is 23.5 Å². The minimum atomic E-state index is 0.528. The second kappa shape index (κ2) is 7.30. The van der Waals surface area contributed by atoms with E-state index in [1.807, 2.05) is 0 Å². The summed E-state index contributed by atoms with van der Waals surface area (Å²) < 4.78 is 0. The van der Waals surface area contributed by atoms with Crippen LogP contribution >= 0.6 is 22.9 Å². The number of hydrogen-bond donors (Lipinski definition) is 2. The van der Waals surface area contributed by atoms with Crippen molar-refractivity contribution in [1.82, 2.24) is 10.6 Å². The van der Waals surface area contributed by atoms with Crippen LogP contribution in [0.15, 0.2) is 34.1 Å². The molecule has 0 atom stereocenters. The molecule has 0 spiro atoms. The van der Waals surface area contributed by atoms with Crippen LogP contribution in [-0.4, -0.2) is 26.1 Å². The zero-order valence-electron chi connectivity index (χ0n) is 9.29. The summed E-state index contributed by atoms with van der Waals surface area (Å²) in [5.41, 5.74) is 0. The molecule has 2 N–H and O–H groups in total. The Morgan fingerprint density at radius 2 is 2.38 bits per heavy atom. The molecule has 1 heterocycles. The van der Waals surface area contributed by atoms with E-state index >= 15 is 0 Å². The average molecular weight is 258 g/mol. The summed E-state index contributed by atoms with van der Waals surface area (Å²) in [4.78, 5) is 5.44. The lowest BCUT2D eigenvalue weighted by Crippen LogP contribution is -2.38. The highest BCUT2D eigenvalue weighted by Crippen LogP contribution is 2.07. The van der Waals surface area contributed by atoms with E-state index in [-0.39, 0.29) is 0 Å². The Hall–Kier alpha value is -1.000. The summed E-state index contributed by atoms with van der Waals surface area (Å²) in [7, 11) is 1.73. The first kappa shape index (κ1) is 13.1. The quantitative estimate of drug-likeness (QED) is 0.627. The molecular formula is C11H16ClN3S. The van der Waals surface area contributed by atoms with Crippen LogP contribution in [-0.2, 0) is 6.42 Å². The monoisotopic (exact) mass is 257 g/mol. The van der Waals surface area contributed by atoms with Gasteiger partial charge in [0.05, 0.1) is 6.54 Å². The molecule has 0 radical (unpaired) electrons. The van der Waals surface area contributed by atoms with Crippen LogP contribution in [0.1, 0.15) is 4.88 Å². The molecular weight excluding hydrogens is 242 g/mol. The normalized spacial score (nSPS) is 11.2. The molecule has 1 aromatic heterocycles.